The standard InChI is InChI=1S/C15H23FN2O3/c1-4-10(5-2)13(19)9-17-15(20)18-11-6-7-14(21-3)12(16)8-11/h6-8,10,13,19H,4-5,9H2,1-3H3,(H2,17,18,20). The number of hydrogen-bond acceptors (Lipinski definition) is 3. The summed E-state index contributed by atoms with van der Waals surface area (Å²) >= 11 is 0. The minimum absolute atomic E-state index is 0.116. The number of aliphatic hydroxyl groups is 1. The van der Waals surface area contributed by atoms with Crippen molar-refractivity contribution in [2.45, 2.75) is 32.8 Å². The molecule has 0 aliphatic carbocycles. The lowest BCUT2D eigenvalue weighted by Crippen LogP contribution is -2.38. The van der Waals surface area contributed by atoms with Crippen LogP contribution in [0.15, 0.2) is 18.2 Å². The zero-order valence-corrected chi connectivity index (χ0v) is 12.6. The maximum absolute atomic E-state index is 13.5. The highest BCUT2D eigenvalue weighted by atomic mass is 19.1. The van der Waals surface area contributed by atoms with Crippen molar-refractivity contribution in [2.75, 3.05) is 19.0 Å². The Morgan fingerprint density at radius 1 is 1.38 bits per heavy atom. The van der Waals surface area contributed by atoms with Gasteiger partial charge in [-0.15, -0.1) is 0 Å². The molecule has 0 spiro atoms. The number of carbonyl (C=O) groups excluding carboxylic acids is 1. The molecule has 0 saturated heterocycles. The molecule has 6 heteroatoms. The average Bonchev–Trinajstić information content (AvgIpc) is 2.46. The third kappa shape index (κ3) is 5.23. The third-order valence-corrected chi connectivity index (χ3v) is 3.47. The molecule has 0 heterocycles. The monoisotopic (exact) mass is 298 g/mol. The predicted molar refractivity (Wildman–Crippen MR) is 80.1 cm³/mol. The molecule has 1 atom stereocenters. The summed E-state index contributed by atoms with van der Waals surface area (Å²) in [6, 6.07) is 3.67. The molecule has 0 aliphatic heterocycles. The van der Waals surface area contributed by atoms with Crippen LogP contribution >= 0.6 is 0 Å². The zero-order chi connectivity index (χ0) is 15.8. The second kappa shape index (κ2) is 8.46. The molecule has 3 N–H and O–H groups in total. The maximum Gasteiger partial charge on any atom is 0.319 e. The van der Waals surface area contributed by atoms with Gasteiger partial charge in [-0.05, 0) is 18.1 Å². The quantitative estimate of drug-likeness (QED) is 0.725. The molecule has 1 aromatic carbocycles. The van der Waals surface area contributed by atoms with Gasteiger partial charge in [0, 0.05) is 18.3 Å². The molecule has 1 aromatic rings. The number of methoxy groups -OCH3 is 1. The van der Waals surface area contributed by atoms with Crippen LogP contribution in [0.25, 0.3) is 0 Å². The fraction of sp³-hybridized carbons (Fsp3) is 0.533. The SMILES string of the molecule is CCC(CC)C(O)CNC(=O)Nc1ccc(OC)c(F)c1. The van der Waals surface area contributed by atoms with Gasteiger partial charge in [-0.2, -0.15) is 0 Å². The van der Waals surface area contributed by atoms with Gasteiger partial charge in [-0.1, -0.05) is 26.7 Å². The van der Waals surface area contributed by atoms with Crippen LogP contribution in [-0.2, 0) is 0 Å². The van der Waals surface area contributed by atoms with Crippen molar-refractivity contribution in [3.05, 3.63) is 24.0 Å². The number of hydrogen-bond donors (Lipinski definition) is 3. The Morgan fingerprint density at radius 3 is 2.57 bits per heavy atom. The van der Waals surface area contributed by atoms with Crippen molar-refractivity contribution in [2.24, 2.45) is 5.92 Å². The molecule has 118 valence electrons. The van der Waals surface area contributed by atoms with Crippen molar-refractivity contribution in [1.82, 2.24) is 5.32 Å². The fourth-order valence-corrected chi connectivity index (χ4v) is 2.12. The normalized spacial score (nSPS) is 12.1. The van der Waals surface area contributed by atoms with Gasteiger partial charge in [0.15, 0.2) is 11.6 Å². The summed E-state index contributed by atoms with van der Waals surface area (Å²) in [5.41, 5.74) is 0.322. The zero-order valence-electron chi connectivity index (χ0n) is 12.6. The summed E-state index contributed by atoms with van der Waals surface area (Å²) in [6.45, 7) is 4.16. The molecule has 0 aliphatic rings. The van der Waals surface area contributed by atoms with E-state index in [1.165, 1.54) is 19.2 Å². The second-order valence-corrected chi connectivity index (χ2v) is 4.83. The van der Waals surface area contributed by atoms with Crippen LogP contribution < -0.4 is 15.4 Å². The van der Waals surface area contributed by atoms with E-state index in [1.54, 1.807) is 6.07 Å². The number of rotatable bonds is 7. The molecule has 0 radical (unpaired) electrons. The van der Waals surface area contributed by atoms with Crippen LogP contribution in [0.3, 0.4) is 0 Å². The van der Waals surface area contributed by atoms with Gasteiger partial charge in [-0.3, -0.25) is 0 Å². The van der Waals surface area contributed by atoms with E-state index >= 15 is 0 Å². The molecule has 0 fully saturated rings. The Bertz CT molecular complexity index is 464. The van der Waals surface area contributed by atoms with Gasteiger partial charge in [0.1, 0.15) is 0 Å². The maximum atomic E-state index is 13.5. The molecule has 2 amide bonds. The van der Waals surface area contributed by atoms with Crippen molar-refractivity contribution in [1.29, 1.82) is 0 Å². The van der Waals surface area contributed by atoms with Gasteiger partial charge in [-0.25, -0.2) is 9.18 Å². The largest absolute Gasteiger partial charge is 0.494 e. The molecule has 1 unspecified atom stereocenters. The van der Waals surface area contributed by atoms with Crippen molar-refractivity contribution >= 4 is 11.7 Å². The summed E-state index contributed by atoms with van der Waals surface area (Å²) in [6.07, 6.45) is 1.12. The second-order valence-electron chi connectivity index (χ2n) is 4.83. The van der Waals surface area contributed by atoms with Gasteiger partial charge < -0.3 is 20.5 Å². The number of benzene rings is 1. The van der Waals surface area contributed by atoms with Crippen molar-refractivity contribution in [3.8, 4) is 5.75 Å². The van der Waals surface area contributed by atoms with Crippen molar-refractivity contribution in [3.63, 3.8) is 0 Å². The topological polar surface area (TPSA) is 70.6 Å². The smallest absolute Gasteiger partial charge is 0.319 e. The highest BCUT2D eigenvalue weighted by Crippen LogP contribution is 2.20. The lowest BCUT2D eigenvalue weighted by molar-refractivity contribution is 0.104. The summed E-state index contributed by atoms with van der Waals surface area (Å²) in [4.78, 5) is 11.7. The number of ether oxygens (including phenoxy) is 1. The van der Waals surface area contributed by atoms with Gasteiger partial charge in [0.05, 0.1) is 13.2 Å². The first kappa shape index (κ1) is 17.2. The Balaban J connectivity index is 2.49. The van der Waals surface area contributed by atoms with Gasteiger partial charge in [0.25, 0.3) is 0 Å². The minimum atomic E-state index is -0.585. The van der Waals surface area contributed by atoms with E-state index < -0.39 is 18.0 Å². The molecular formula is C15H23FN2O3. The predicted octanol–water partition coefficient (Wildman–Crippen LogP) is 2.75. The van der Waals surface area contributed by atoms with E-state index in [-0.39, 0.29) is 18.2 Å². The van der Waals surface area contributed by atoms with Crippen LogP contribution in [0.1, 0.15) is 26.7 Å². The molecule has 0 aromatic heterocycles. The van der Waals surface area contributed by atoms with Crippen LogP contribution in [0.2, 0.25) is 0 Å². The van der Waals surface area contributed by atoms with E-state index in [0.29, 0.717) is 5.69 Å². The number of anilines is 1. The number of urea groups is 1. The first-order valence-corrected chi connectivity index (χ1v) is 7.08. The number of halogens is 1. The Kier molecular flexibility index (Phi) is 6.94. The fourth-order valence-electron chi connectivity index (χ4n) is 2.12. The third-order valence-electron chi connectivity index (χ3n) is 3.47. The Hall–Kier alpha value is -1.82. The number of nitrogens with one attached hydrogen (secondary N) is 2. The summed E-state index contributed by atoms with van der Waals surface area (Å²) < 4.78 is 18.3. The van der Waals surface area contributed by atoms with E-state index in [2.05, 4.69) is 10.6 Å². The Labute approximate surface area is 124 Å². The number of aliphatic hydroxyl groups excluding tert-OH is 1. The first-order valence-electron chi connectivity index (χ1n) is 7.08. The molecule has 0 bridgehead atoms. The molecule has 21 heavy (non-hydrogen) atoms. The summed E-state index contributed by atoms with van der Waals surface area (Å²) in [7, 11) is 1.37. The van der Waals surface area contributed by atoms with Crippen LogP contribution in [0, 0.1) is 11.7 Å². The van der Waals surface area contributed by atoms with E-state index in [0.717, 1.165) is 12.8 Å². The lowest BCUT2D eigenvalue weighted by Gasteiger charge is -2.20. The lowest BCUT2D eigenvalue weighted by atomic mass is 9.97. The Morgan fingerprint density at radius 2 is 2.05 bits per heavy atom. The molecule has 1 rings (SSSR count). The molecular weight excluding hydrogens is 275 g/mol. The van der Waals surface area contributed by atoms with E-state index in [4.69, 9.17) is 4.74 Å². The highest BCUT2D eigenvalue weighted by molar-refractivity contribution is 5.89. The van der Waals surface area contributed by atoms with Crippen LogP contribution in [0.5, 0.6) is 5.75 Å². The van der Waals surface area contributed by atoms with Gasteiger partial charge >= 0.3 is 6.03 Å². The summed E-state index contributed by atoms with van der Waals surface area (Å²) in [5.74, 6) is -0.277. The highest BCUT2D eigenvalue weighted by Gasteiger charge is 2.16. The van der Waals surface area contributed by atoms with Crippen molar-refractivity contribution < 1.29 is 19.0 Å². The van der Waals surface area contributed by atoms with Gasteiger partial charge in [0.2, 0.25) is 0 Å². The molecule has 0 saturated carbocycles. The summed E-state index contributed by atoms with van der Waals surface area (Å²) in [5, 5.41) is 15.0. The van der Waals surface area contributed by atoms with E-state index in [9.17, 15) is 14.3 Å². The van der Waals surface area contributed by atoms with E-state index in [1.807, 2.05) is 13.8 Å². The number of carbonyl (C=O) groups is 1. The average molecular weight is 298 g/mol. The number of amides is 2. The first-order chi connectivity index (χ1) is 10.0. The minimum Gasteiger partial charge on any atom is -0.494 e. The molecule has 5 nitrogen and oxygen atoms in total. The van der Waals surface area contributed by atoms with Crippen LogP contribution in [0.4, 0.5) is 14.9 Å². The van der Waals surface area contributed by atoms with Crippen LogP contribution in [-0.4, -0.2) is 30.9 Å².